The van der Waals surface area contributed by atoms with Crippen molar-refractivity contribution in [1.82, 2.24) is 4.90 Å². The van der Waals surface area contributed by atoms with Crippen molar-refractivity contribution in [3.8, 4) is 0 Å². The first kappa shape index (κ1) is 22.2. The fourth-order valence-electron chi connectivity index (χ4n) is 5.04. The summed E-state index contributed by atoms with van der Waals surface area (Å²) in [5, 5.41) is 6.09. The van der Waals surface area contributed by atoms with E-state index in [4.69, 9.17) is 11.6 Å². The molecule has 2 amide bonds. The van der Waals surface area contributed by atoms with Gasteiger partial charge in [-0.3, -0.25) is 9.59 Å². The van der Waals surface area contributed by atoms with Gasteiger partial charge in [-0.1, -0.05) is 60.1 Å². The fourth-order valence-corrected chi connectivity index (χ4v) is 6.35. The maximum absolute atomic E-state index is 13.1. The molecule has 0 bridgehead atoms. The zero-order chi connectivity index (χ0) is 23.9. The van der Waals surface area contributed by atoms with Crippen LogP contribution in [0.15, 0.2) is 78.9 Å². The minimum absolute atomic E-state index is 0.0770. The fraction of sp³-hybridized carbons (Fsp3) is 0.172. The second-order valence-corrected chi connectivity index (χ2v) is 10.5. The predicted molar refractivity (Wildman–Crippen MR) is 143 cm³/mol. The molecule has 174 valence electrons. The van der Waals surface area contributed by atoms with Crippen LogP contribution in [0.1, 0.15) is 38.0 Å². The van der Waals surface area contributed by atoms with E-state index in [0.717, 1.165) is 35.0 Å². The van der Waals surface area contributed by atoms with Gasteiger partial charge in [-0.05, 0) is 70.8 Å². The maximum Gasteiger partial charge on any atom is 0.255 e. The number of nitrogens with one attached hydrogen (secondary N) is 1. The van der Waals surface area contributed by atoms with Crippen LogP contribution in [0.4, 0.5) is 5.69 Å². The lowest BCUT2D eigenvalue weighted by atomic mass is 10.0. The van der Waals surface area contributed by atoms with E-state index in [-0.39, 0.29) is 17.2 Å². The van der Waals surface area contributed by atoms with Crippen molar-refractivity contribution in [3.63, 3.8) is 0 Å². The normalized spacial score (nSPS) is 16.8. The van der Waals surface area contributed by atoms with Gasteiger partial charge in [-0.15, -0.1) is 11.8 Å². The van der Waals surface area contributed by atoms with E-state index < -0.39 is 0 Å². The number of carbonyl (C=O) groups is 2. The van der Waals surface area contributed by atoms with E-state index in [1.54, 1.807) is 11.8 Å². The molecule has 1 aliphatic carbocycles. The van der Waals surface area contributed by atoms with E-state index in [2.05, 4.69) is 29.6 Å². The van der Waals surface area contributed by atoms with Crippen molar-refractivity contribution in [2.24, 2.45) is 0 Å². The minimum atomic E-state index is -0.136. The SMILES string of the molecule is O=C(Nc1ccc2c3c(cccc13)CC2)c1ccc(C2SCC(=O)N2Cc2ccc(Cl)cc2)cc1. The minimum Gasteiger partial charge on any atom is -0.322 e. The number of aryl methyl sites for hydroxylation is 2. The van der Waals surface area contributed by atoms with Crippen molar-refractivity contribution < 1.29 is 9.59 Å². The summed E-state index contributed by atoms with van der Waals surface area (Å²) in [7, 11) is 0. The molecular formula is C29H23ClN2O2S. The number of nitrogens with zero attached hydrogens (tertiary/aromatic N) is 1. The second kappa shape index (κ2) is 9.06. The third-order valence-corrected chi connectivity index (χ3v) is 8.33. The monoisotopic (exact) mass is 498 g/mol. The zero-order valence-corrected chi connectivity index (χ0v) is 20.5. The number of halogens is 1. The molecule has 6 rings (SSSR count). The van der Waals surface area contributed by atoms with E-state index in [1.807, 2.05) is 59.5 Å². The Morgan fingerprint density at radius 2 is 1.69 bits per heavy atom. The topological polar surface area (TPSA) is 49.4 Å². The highest BCUT2D eigenvalue weighted by Crippen LogP contribution is 2.40. The Hall–Kier alpha value is -3.28. The summed E-state index contributed by atoms with van der Waals surface area (Å²) in [6.07, 6.45) is 2.12. The smallest absolute Gasteiger partial charge is 0.255 e. The first-order chi connectivity index (χ1) is 17.1. The molecule has 1 fully saturated rings. The molecule has 1 N–H and O–H groups in total. The molecule has 1 heterocycles. The van der Waals surface area contributed by atoms with Gasteiger partial charge in [0.2, 0.25) is 5.91 Å². The number of amides is 2. The van der Waals surface area contributed by atoms with Crippen LogP contribution in [-0.4, -0.2) is 22.5 Å². The third kappa shape index (κ3) is 4.19. The summed E-state index contributed by atoms with van der Waals surface area (Å²) in [6.45, 7) is 0.529. The Morgan fingerprint density at radius 1 is 0.943 bits per heavy atom. The molecule has 4 aromatic rings. The van der Waals surface area contributed by atoms with E-state index in [0.29, 0.717) is 22.9 Å². The number of carbonyl (C=O) groups excluding carboxylic acids is 2. The summed E-state index contributed by atoms with van der Waals surface area (Å²) in [6, 6.07) is 25.6. The molecule has 35 heavy (non-hydrogen) atoms. The molecule has 1 saturated heterocycles. The molecular weight excluding hydrogens is 476 g/mol. The molecule has 4 nitrogen and oxygen atoms in total. The van der Waals surface area contributed by atoms with Gasteiger partial charge in [0, 0.05) is 28.2 Å². The molecule has 0 spiro atoms. The van der Waals surface area contributed by atoms with Crippen LogP contribution in [0.2, 0.25) is 5.02 Å². The molecule has 2 aliphatic rings. The third-order valence-electron chi connectivity index (χ3n) is 6.82. The van der Waals surface area contributed by atoms with Gasteiger partial charge in [0.05, 0.1) is 5.75 Å². The van der Waals surface area contributed by atoms with Crippen LogP contribution in [0, 0.1) is 0 Å². The molecule has 0 aromatic heterocycles. The van der Waals surface area contributed by atoms with E-state index in [1.165, 1.54) is 16.5 Å². The maximum atomic E-state index is 13.1. The van der Waals surface area contributed by atoms with Crippen LogP contribution < -0.4 is 5.32 Å². The second-order valence-electron chi connectivity index (χ2n) is 9.00. The number of rotatable bonds is 5. The van der Waals surface area contributed by atoms with Gasteiger partial charge in [0.15, 0.2) is 0 Å². The van der Waals surface area contributed by atoms with Crippen LogP contribution in [0.25, 0.3) is 10.8 Å². The number of anilines is 1. The lowest BCUT2D eigenvalue weighted by Gasteiger charge is -2.24. The lowest BCUT2D eigenvalue weighted by Crippen LogP contribution is -2.27. The molecule has 0 radical (unpaired) electrons. The quantitative estimate of drug-likeness (QED) is 0.336. The van der Waals surface area contributed by atoms with Crippen molar-refractivity contribution >= 4 is 51.6 Å². The van der Waals surface area contributed by atoms with Crippen molar-refractivity contribution in [2.75, 3.05) is 11.1 Å². The largest absolute Gasteiger partial charge is 0.322 e. The number of thioether (sulfide) groups is 1. The number of hydrogen-bond acceptors (Lipinski definition) is 3. The molecule has 1 aliphatic heterocycles. The Morgan fingerprint density at radius 3 is 2.46 bits per heavy atom. The first-order valence-corrected chi connectivity index (χ1v) is 13.1. The van der Waals surface area contributed by atoms with Gasteiger partial charge in [0.1, 0.15) is 5.37 Å². The Balaban J connectivity index is 1.20. The van der Waals surface area contributed by atoms with Gasteiger partial charge in [0.25, 0.3) is 5.91 Å². The summed E-state index contributed by atoms with van der Waals surface area (Å²) in [5.74, 6) is 0.429. The van der Waals surface area contributed by atoms with Crippen molar-refractivity contribution in [2.45, 2.75) is 24.8 Å². The van der Waals surface area contributed by atoms with E-state index in [9.17, 15) is 9.59 Å². The number of hydrogen-bond donors (Lipinski definition) is 1. The molecule has 1 atom stereocenters. The Bertz CT molecular complexity index is 1440. The van der Waals surface area contributed by atoms with Gasteiger partial charge >= 0.3 is 0 Å². The summed E-state index contributed by atoms with van der Waals surface area (Å²) in [4.78, 5) is 27.5. The standard InChI is InChI=1S/C29H23ClN2O2S/c30-23-13-4-18(5-14-23)16-32-26(33)17-35-29(32)22-10-8-21(9-11-22)28(34)31-25-15-12-20-7-6-19-2-1-3-24(25)27(19)20/h1-5,8-15,29H,6-7,16-17H2,(H,31,34). The van der Waals surface area contributed by atoms with Crippen LogP contribution in [0.3, 0.4) is 0 Å². The average molecular weight is 499 g/mol. The highest BCUT2D eigenvalue weighted by Gasteiger charge is 2.32. The highest BCUT2D eigenvalue weighted by atomic mass is 35.5. The molecule has 0 saturated carbocycles. The Labute approximate surface area is 213 Å². The predicted octanol–water partition coefficient (Wildman–Crippen LogP) is 6.62. The van der Waals surface area contributed by atoms with Crippen molar-refractivity contribution in [1.29, 1.82) is 0 Å². The lowest BCUT2D eigenvalue weighted by molar-refractivity contribution is -0.128. The van der Waals surface area contributed by atoms with E-state index >= 15 is 0 Å². The Kier molecular flexibility index (Phi) is 5.75. The highest BCUT2D eigenvalue weighted by molar-refractivity contribution is 8.00. The van der Waals surface area contributed by atoms with Gasteiger partial charge in [-0.2, -0.15) is 0 Å². The summed E-state index contributed by atoms with van der Waals surface area (Å²) >= 11 is 7.61. The first-order valence-electron chi connectivity index (χ1n) is 11.7. The van der Waals surface area contributed by atoms with Gasteiger partial charge in [-0.25, -0.2) is 0 Å². The molecule has 6 heteroatoms. The molecule has 1 unspecified atom stereocenters. The van der Waals surface area contributed by atoms with Crippen LogP contribution >= 0.6 is 23.4 Å². The average Bonchev–Trinajstić information content (AvgIpc) is 3.47. The van der Waals surface area contributed by atoms with Crippen LogP contribution in [-0.2, 0) is 24.2 Å². The summed E-state index contributed by atoms with van der Waals surface area (Å²) in [5.41, 5.74) is 6.19. The zero-order valence-electron chi connectivity index (χ0n) is 19.0. The number of benzene rings is 4. The molecule has 4 aromatic carbocycles. The van der Waals surface area contributed by atoms with Crippen LogP contribution in [0.5, 0.6) is 0 Å². The van der Waals surface area contributed by atoms with Gasteiger partial charge < -0.3 is 10.2 Å². The summed E-state index contributed by atoms with van der Waals surface area (Å²) < 4.78 is 0. The van der Waals surface area contributed by atoms with Crippen molar-refractivity contribution in [3.05, 3.63) is 112 Å².